The van der Waals surface area contributed by atoms with E-state index < -0.39 is 9.84 Å². The van der Waals surface area contributed by atoms with Crippen molar-refractivity contribution in [3.63, 3.8) is 0 Å². The Morgan fingerprint density at radius 2 is 1.85 bits per heavy atom. The van der Waals surface area contributed by atoms with Gasteiger partial charge in [-0.15, -0.1) is 0 Å². The van der Waals surface area contributed by atoms with Crippen LogP contribution < -0.4 is 10.2 Å². The van der Waals surface area contributed by atoms with Crippen LogP contribution in [0.15, 0.2) is 36.7 Å². The third-order valence-corrected chi connectivity index (χ3v) is 8.72. The summed E-state index contributed by atoms with van der Waals surface area (Å²) in [6.45, 7) is 1.43. The zero-order chi connectivity index (χ0) is 23.0. The van der Waals surface area contributed by atoms with Gasteiger partial charge < -0.3 is 20.3 Å². The molecule has 0 radical (unpaired) electrons. The van der Waals surface area contributed by atoms with E-state index in [1.54, 1.807) is 6.20 Å². The zero-order valence-corrected chi connectivity index (χ0v) is 19.7. The van der Waals surface area contributed by atoms with Gasteiger partial charge in [-0.3, -0.25) is 0 Å². The molecule has 1 aliphatic carbocycles. The monoisotopic (exact) mass is 469 g/mol. The van der Waals surface area contributed by atoms with Gasteiger partial charge in [0.2, 0.25) is 5.95 Å². The van der Waals surface area contributed by atoms with Gasteiger partial charge in [-0.25, -0.2) is 18.4 Å². The predicted octanol–water partition coefficient (Wildman–Crippen LogP) is 3.35. The van der Waals surface area contributed by atoms with Crippen LogP contribution in [0.3, 0.4) is 0 Å². The maximum absolute atomic E-state index is 12.0. The second kappa shape index (κ2) is 8.95. The van der Waals surface area contributed by atoms with E-state index in [1.165, 1.54) is 6.26 Å². The highest BCUT2D eigenvalue weighted by Crippen LogP contribution is 2.37. The number of H-pyrrole nitrogens is 1. The van der Waals surface area contributed by atoms with Gasteiger partial charge in [0, 0.05) is 59.9 Å². The van der Waals surface area contributed by atoms with Gasteiger partial charge in [0.15, 0.2) is 0 Å². The molecule has 33 heavy (non-hydrogen) atoms. The summed E-state index contributed by atoms with van der Waals surface area (Å²) >= 11 is 0. The highest BCUT2D eigenvalue weighted by atomic mass is 32.2. The molecule has 0 spiro atoms. The summed E-state index contributed by atoms with van der Waals surface area (Å²) in [5, 5.41) is 14.0. The van der Waals surface area contributed by atoms with Crippen molar-refractivity contribution in [2.75, 3.05) is 29.6 Å². The van der Waals surface area contributed by atoms with Gasteiger partial charge in [-0.1, -0.05) is 6.07 Å². The fourth-order valence-corrected chi connectivity index (χ4v) is 6.20. The van der Waals surface area contributed by atoms with Gasteiger partial charge in [-0.2, -0.15) is 0 Å². The predicted molar refractivity (Wildman–Crippen MR) is 131 cm³/mol. The van der Waals surface area contributed by atoms with E-state index in [0.29, 0.717) is 31.9 Å². The largest absolute Gasteiger partial charge is 0.393 e. The Bertz CT molecular complexity index is 1230. The summed E-state index contributed by atoms with van der Waals surface area (Å²) < 4.78 is 23.9. The summed E-state index contributed by atoms with van der Waals surface area (Å²) in [7, 11) is -3.01. The Hall–Kier alpha value is -2.65. The number of nitrogens with one attached hydrogen (secondary N) is 2. The van der Waals surface area contributed by atoms with Gasteiger partial charge in [0.25, 0.3) is 0 Å². The van der Waals surface area contributed by atoms with Crippen LogP contribution in [0.2, 0.25) is 0 Å². The van der Waals surface area contributed by atoms with E-state index in [-0.39, 0.29) is 17.4 Å². The SMILES string of the molecule is CS(=O)(=O)C1CCN(c2cccc3[nH]cc(-c4ccnc(NC5CCC(O)CC5)n4)c23)CC1. The lowest BCUT2D eigenvalue weighted by molar-refractivity contribution is 0.126. The summed E-state index contributed by atoms with van der Waals surface area (Å²) in [6.07, 6.45) is 9.64. The van der Waals surface area contributed by atoms with Crippen LogP contribution in [0.4, 0.5) is 11.6 Å². The normalized spacial score (nSPS) is 22.5. The molecule has 3 heterocycles. The second-order valence-corrected chi connectivity index (χ2v) is 11.7. The number of hydrogen-bond acceptors (Lipinski definition) is 7. The lowest BCUT2D eigenvalue weighted by Gasteiger charge is -2.33. The van der Waals surface area contributed by atoms with Crippen LogP contribution >= 0.6 is 0 Å². The number of anilines is 2. The third-order valence-electron chi connectivity index (χ3n) is 7.03. The van der Waals surface area contributed by atoms with Crippen LogP contribution in [0.25, 0.3) is 22.2 Å². The fourth-order valence-electron chi connectivity index (χ4n) is 5.14. The van der Waals surface area contributed by atoms with Crippen molar-refractivity contribution >= 4 is 32.4 Å². The number of benzene rings is 1. The smallest absolute Gasteiger partial charge is 0.223 e. The number of aliphatic hydroxyl groups excluding tert-OH is 1. The number of sulfone groups is 1. The molecule has 176 valence electrons. The summed E-state index contributed by atoms with van der Waals surface area (Å²) in [5.74, 6) is 0.606. The number of piperidine rings is 1. The lowest BCUT2D eigenvalue weighted by atomic mass is 9.93. The Kier molecular flexibility index (Phi) is 6.01. The Morgan fingerprint density at radius 3 is 2.58 bits per heavy atom. The standard InChI is InChI=1S/C24H31N5O3S/c1-33(31,32)18-10-13-29(14-11-18)22-4-2-3-21-23(22)19(15-26-21)20-9-12-25-24(28-20)27-16-5-7-17(30)8-6-16/h2-4,9,12,15-18,26,30H,5-8,10-11,13-14H2,1H3,(H,25,27,28). The molecule has 0 amide bonds. The van der Waals surface area contributed by atoms with Gasteiger partial charge in [0.1, 0.15) is 9.84 Å². The molecular weight excluding hydrogens is 438 g/mol. The van der Waals surface area contributed by atoms with Gasteiger partial charge >= 0.3 is 0 Å². The minimum atomic E-state index is -3.01. The summed E-state index contributed by atoms with van der Waals surface area (Å²) in [5.41, 5.74) is 3.98. The van der Waals surface area contributed by atoms with Crippen molar-refractivity contribution in [1.82, 2.24) is 15.0 Å². The van der Waals surface area contributed by atoms with E-state index >= 15 is 0 Å². The lowest BCUT2D eigenvalue weighted by Crippen LogP contribution is -2.39. The van der Waals surface area contributed by atoms with Crippen LogP contribution in [-0.2, 0) is 9.84 Å². The first-order valence-corrected chi connectivity index (χ1v) is 13.7. The van der Waals surface area contributed by atoms with Gasteiger partial charge in [-0.05, 0) is 56.7 Å². The van der Waals surface area contributed by atoms with E-state index in [1.807, 2.05) is 18.3 Å². The van der Waals surface area contributed by atoms with Crippen molar-refractivity contribution in [2.24, 2.45) is 0 Å². The summed E-state index contributed by atoms with van der Waals surface area (Å²) in [4.78, 5) is 14.9. The van der Waals surface area contributed by atoms with Crippen LogP contribution in [0.1, 0.15) is 38.5 Å². The molecule has 2 aliphatic rings. The molecular formula is C24H31N5O3S. The first-order chi connectivity index (χ1) is 15.9. The Balaban J connectivity index is 1.42. The number of nitrogens with zero attached hydrogens (tertiary/aromatic N) is 3. The molecule has 3 aromatic rings. The van der Waals surface area contributed by atoms with Gasteiger partial charge in [0.05, 0.1) is 17.0 Å². The minimum absolute atomic E-state index is 0.192. The average Bonchev–Trinajstić information content (AvgIpc) is 3.25. The Morgan fingerprint density at radius 1 is 1.09 bits per heavy atom. The molecule has 0 atom stereocenters. The van der Waals surface area contributed by atoms with Crippen molar-refractivity contribution in [3.8, 4) is 11.3 Å². The van der Waals surface area contributed by atoms with Crippen molar-refractivity contribution < 1.29 is 13.5 Å². The van der Waals surface area contributed by atoms with E-state index in [2.05, 4.69) is 32.3 Å². The average molecular weight is 470 g/mol. The number of aliphatic hydroxyl groups is 1. The molecule has 0 unspecified atom stereocenters. The van der Waals surface area contributed by atoms with Crippen LogP contribution in [-0.4, -0.2) is 65.2 Å². The van der Waals surface area contributed by atoms with E-state index in [9.17, 15) is 13.5 Å². The number of fused-ring (bicyclic) bond motifs is 1. The van der Waals surface area contributed by atoms with Crippen molar-refractivity contribution in [2.45, 2.75) is 55.9 Å². The highest BCUT2D eigenvalue weighted by Gasteiger charge is 2.28. The number of rotatable bonds is 5. The Labute approximate surface area is 194 Å². The van der Waals surface area contributed by atoms with E-state index in [4.69, 9.17) is 4.98 Å². The number of aromatic amines is 1. The van der Waals surface area contributed by atoms with Crippen LogP contribution in [0.5, 0.6) is 0 Å². The van der Waals surface area contributed by atoms with Crippen molar-refractivity contribution in [3.05, 3.63) is 36.7 Å². The third kappa shape index (κ3) is 4.70. The number of hydrogen-bond donors (Lipinski definition) is 3. The molecule has 1 saturated heterocycles. The molecule has 1 saturated carbocycles. The summed E-state index contributed by atoms with van der Waals surface area (Å²) in [6, 6.07) is 8.39. The minimum Gasteiger partial charge on any atom is -0.393 e. The fraction of sp³-hybridized carbons (Fsp3) is 0.500. The molecule has 3 N–H and O–H groups in total. The molecule has 8 nitrogen and oxygen atoms in total. The van der Waals surface area contributed by atoms with E-state index in [0.717, 1.165) is 53.5 Å². The van der Waals surface area contributed by atoms with Crippen LogP contribution in [0, 0.1) is 0 Å². The maximum Gasteiger partial charge on any atom is 0.223 e. The first-order valence-electron chi connectivity index (χ1n) is 11.7. The topological polar surface area (TPSA) is 111 Å². The quantitative estimate of drug-likeness (QED) is 0.525. The first kappa shape index (κ1) is 22.2. The molecule has 2 fully saturated rings. The molecule has 9 heteroatoms. The molecule has 5 rings (SSSR count). The molecule has 1 aromatic carbocycles. The highest BCUT2D eigenvalue weighted by molar-refractivity contribution is 7.91. The molecule has 0 bridgehead atoms. The maximum atomic E-state index is 12.0. The second-order valence-electron chi connectivity index (χ2n) is 9.33. The molecule has 2 aromatic heterocycles. The molecule has 1 aliphatic heterocycles. The number of aromatic nitrogens is 3. The van der Waals surface area contributed by atoms with Crippen molar-refractivity contribution in [1.29, 1.82) is 0 Å². The zero-order valence-electron chi connectivity index (χ0n) is 18.9.